The fourth-order valence-corrected chi connectivity index (χ4v) is 4.46. The van der Waals surface area contributed by atoms with Crippen LogP contribution >= 0.6 is 23.1 Å². The molecule has 1 aliphatic heterocycles. The second kappa shape index (κ2) is 5.39. The van der Waals surface area contributed by atoms with Crippen LogP contribution in [0.15, 0.2) is 15.7 Å². The number of aliphatic hydroxyl groups is 1. The average Bonchev–Trinajstić information content (AvgIpc) is 2.72. The molecule has 0 radical (unpaired) electrons. The summed E-state index contributed by atoms with van der Waals surface area (Å²) in [6, 6.07) is 2.31. The third kappa shape index (κ3) is 3.01. The number of hydrogen-bond donors (Lipinski definition) is 3. The zero-order chi connectivity index (χ0) is 12.4. The van der Waals surface area contributed by atoms with Crippen LogP contribution in [-0.4, -0.2) is 28.9 Å². The van der Waals surface area contributed by atoms with Crippen molar-refractivity contribution in [3.63, 3.8) is 0 Å². The molecule has 4 N–H and O–H groups in total. The molecular formula is C11H16N2O2S2. The van der Waals surface area contributed by atoms with Crippen LogP contribution in [0.3, 0.4) is 0 Å². The monoisotopic (exact) mass is 272 g/mol. The summed E-state index contributed by atoms with van der Waals surface area (Å²) in [5.74, 6) is -0.679. The molecule has 2 unspecified atom stereocenters. The summed E-state index contributed by atoms with van der Waals surface area (Å²) < 4.78 is 1.33. The molecule has 0 aromatic carbocycles. The van der Waals surface area contributed by atoms with Crippen LogP contribution in [0.25, 0.3) is 0 Å². The van der Waals surface area contributed by atoms with E-state index in [0.29, 0.717) is 5.25 Å². The Hall–Kier alpha value is -0.560. The number of rotatable bonds is 4. The predicted molar refractivity (Wildman–Crippen MR) is 70.2 cm³/mol. The molecule has 0 spiro atoms. The van der Waals surface area contributed by atoms with Gasteiger partial charge >= 0.3 is 0 Å². The Labute approximate surface area is 109 Å². The van der Waals surface area contributed by atoms with Gasteiger partial charge in [0.15, 0.2) is 0 Å². The molecule has 3 atom stereocenters. The summed E-state index contributed by atoms with van der Waals surface area (Å²) in [4.78, 5) is 10.8. The summed E-state index contributed by atoms with van der Waals surface area (Å²) in [5, 5.41) is 15.2. The van der Waals surface area contributed by atoms with Gasteiger partial charge in [-0.25, -0.2) is 0 Å². The van der Waals surface area contributed by atoms with Crippen LogP contribution in [0, 0.1) is 0 Å². The van der Waals surface area contributed by atoms with Crippen molar-refractivity contribution < 1.29 is 9.90 Å². The van der Waals surface area contributed by atoms with Crippen LogP contribution in [0.1, 0.15) is 24.9 Å². The van der Waals surface area contributed by atoms with Gasteiger partial charge < -0.3 is 16.2 Å². The zero-order valence-electron chi connectivity index (χ0n) is 9.55. The van der Waals surface area contributed by atoms with Gasteiger partial charge in [0.05, 0.1) is 4.21 Å². The number of carbonyl (C=O) groups is 1. The van der Waals surface area contributed by atoms with E-state index in [1.807, 2.05) is 11.8 Å². The highest BCUT2D eigenvalue weighted by Gasteiger charge is 2.26. The maximum absolute atomic E-state index is 10.8. The number of fused-ring (bicyclic) bond motifs is 1. The van der Waals surface area contributed by atoms with Gasteiger partial charge in [-0.05, 0) is 23.4 Å². The van der Waals surface area contributed by atoms with E-state index in [0.717, 1.165) is 6.42 Å². The van der Waals surface area contributed by atoms with E-state index in [1.165, 1.54) is 9.77 Å². The number of thioether (sulfide) groups is 1. The van der Waals surface area contributed by atoms with Crippen molar-refractivity contribution in [1.82, 2.24) is 5.32 Å². The first-order valence-corrected chi connectivity index (χ1v) is 7.28. The maximum Gasteiger partial charge on any atom is 0.247 e. The summed E-state index contributed by atoms with van der Waals surface area (Å²) in [6.07, 6.45) is -0.109. The minimum atomic E-state index is -1.11. The minimum Gasteiger partial charge on any atom is -0.382 e. The topological polar surface area (TPSA) is 75.3 Å². The van der Waals surface area contributed by atoms with Gasteiger partial charge in [-0.2, -0.15) is 0 Å². The summed E-state index contributed by atoms with van der Waals surface area (Å²) in [6.45, 7) is 2.40. The molecule has 1 aromatic rings. The Balaban J connectivity index is 2.00. The molecule has 2 heterocycles. The minimum absolute atomic E-state index is 0.210. The average molecular weight is 272 g/mol. The molecule has 1 amide bonds. The number of aliphatic hydroxyl groups excluding tert-OH is 1. The lowest BCUT2D eigenvalue weighted by Crippen LogP contribution is -2.40. The molecular weight excluding hydrogens is 256 g/mol. The Morgan fingerprint density at radius 2 is 2.53 bits per heavy atom. The van der Waals surface area contributed by atoms with Gasteiger partial charge in [0.25, 0.3) is 0 Å². The van der Waals surface area contributed by atoms with Gasteiger partial charge in [0.2, 0.25) is 5.91 Å². The molecule has 0 bridgehead atoms. The van der Waals surface area contributed by atoms with Gasteiger partial charge in [-0.1, -0.05) is 6.92 Å². The Morgan fingerprint density at radius 3 is 3.24 bits per heavy atom. The number of hydrogen-bond acceptors (Lipinski definition) is 5. The van der Waals surface area contributed by atoms with E-state index in [4.69, 9.17) is 5.73 Å². The van der Waals surface area contributed by atoms with Gasteiger partial charge in [0, 0.05) is 17.8 Å². The third-order valence-electron chi connectivity index (χ3n) is 2.80. The summed E-state index contributed by atoms with van der Waals surface area (Å²) in [5.41, 5.74) is 6.30. The van der Waals surface area contributed by atoms with Crippen LogP contribution in [-0.2, 0) is 4.79 Å². The Morgan fingerprint density at radius 1 is 1.76 bits per heavy atom. The second-order valence-electron chi connectivity index (χ2n) is 4.21. The van der Waals surface area contributed by atoms with Crippen LogP contribution in [0.2, 0.25) is 0 Å². The van der Waals surface area contributed by atoms with Gasteiger partial charge in [-0.3, -0.25) is 4.79 Å². The molecule has 0 saturated heterocycles. The normalized spacial score (nSPS) is 25.3. The van der Waals surface area contributed by atoms with Crippen molar-refractivity contribution in [3.05, 3.63) is 17.0 Å². The first-order chi connectivity index (χ1) is 8.08. The number of thiophene rings is 1. The SMILES string of the molecule is C[C@H]1CC(NCC(O)C(N)=O)c2ccsc2S1. The fourth-order valence-electron chi connectivity index (χ4n) is 1.90. The van der Waals surface area contributed by atoms with E-state index in [2.05, 4.69) is 23.7 Å². The number of nitrogens with one attached hydrogen (secondary N) is 1. The largest absolute Gasteiger partial charge is 0.382 e. The third-order valence-corrected chi connectivity index (χ3v) is 5.14. The summed E-state index contributed by atoms with van der Waals surface area (Å²) >= 11 is 3.63. The Bertz CT molecular complexity index is 408. The van der Waals surface area contributed by atoms with Crippen molar-refractivity contribution >= 4 is 29.0 Å². The van der Waals surface area contributed by atoms with Crippen LogP contribution in [0.4, 0.5) is 0 Å². The van der Waals surface area contributed by atoms with E-state index < -0.39 is 12.0 Å². The lowest BCUT2D eigenvalue weighted by Gasteiger charge is -2.28. The van der Waals surface area contributed by atoms with Crippen molar-refractivity contribution in [3.8, 4) is 0 Å². The highest BCUT2D eigenvalue weighted by atomic mass is 32.2. The molecule has 0 aliphatic carbocycles. The fraction of sp³-hybridized carbons (Fsp3) is 0.545. The molecule has 17 heavy (non-hydrogen) atoms. The first-order valence-electron chi connectivity index (χ1n) is 5.52. The molecule has 1 aromatic heterocycles. The zero-order valence-corrected chi connectivity index (χ0v) is 11.2. The molecule has 2 rings (SSSR count). The van der Waals surface area contributed by atoms with Crippen molar-refractivity contribution in [2.75, 3.05) is 6.54 Å². The van der Waals surface area contributed by atoms with Crippen LogP contribution < -0.4 is 11.1 Å². The Kier molecular flexibility index (Phi) is 4.09. The molecule has 0 saturated carbocycles. The lowest BCUT2D eigenvalue weighted by atomic mass is 10.0. The highest BCUT2D eigenvalue weighted by molar-refractivity contribution is 8.01. The number of amides is 1. The van der Waals surface area contributed by atoms with Crippen LogP contribution in [0.5, 0.6) is 0 Å². The van der Waals surface area contributed by atoms with Crippen molar-refractivity contribution in [2.45, 2.75) is 34.9 Å². The van der Waals surface area contributed by atoms with Crippen molar-refractivity contribution in [1.29, 1.82) is 0 Å². The van der Waals surface area contributed by atoms with Gasteiger partial charge in [0.1, 0.15) is 6.10 Å². The van der Waals surface area contributed by atoms with Gasteiger partial charge in [-0.15, -0.1) is 23.1 Å². The predicted octanol–water partition coefficient (Wildman–Crippen LogP) is 1.11. The molecule has 1 aliphatic rings. The lowest BCUT2D eigenvalue weighted by molar-refractivity contribution is -0.125. The van der Waals surface area contributed by atoms with Crippen molar-refractivity contribution in [2.24, 2.45) is 5.73 Å². The summed E-state index contributed by atoms with van der Waals surface area (Å²) in [7, 11) is 0. The smallest absolute Gasteiger partial charge is 0.247 e. The maximum atomic E-state index is 10.8. The van der Waals surface area contributed by atoms with E-state index in [9.17, 15) is 9.90 Å². The number of primary amides is 1. The van der Waals surface area contributed by atoms with E-state index in [-0.39, 0.29) is 12.6 Å². The quantitative estimate of drug-likeness (QED) is 0.767. The van der Waals surface area contributed by atoms with E-state index >= 15 is 0 Å². The van der Waals surface area contributed by atoms with E-state index in [1.54, 1.807) is 11.3 Å². The second-order valence-corrected chi connectivity index (χ2v) is 6.83. The molecule has 0 fully saturated rings. The molecule has 94 valence electrons. The number of carbonyl (C=O) groups excluding carboxylic acids is 1. The molecule has 4 nitrogen and oxygen atoms in total. The highest BCUT2D eigenvalue weighted by Crippen LogP contribution is 2.43. The standard InChI is InChI=1S/C11H16N2O2S2/c1-6-4-8(13-5-9(14)10(12)15)7-2-3-16-11(7)17-6/h2-3,6,8-9,13-14H,4-5H2,1H3,(H2,12,15)/t6-,8?,9?/m0/s1. The number of nitrogens with two attached hydrogens (primary N) is 1. The molecule has 6 heteroatoms. The first kappa shape index (κ1) is 12.9.